The molecule has 4 rings (SSSR count). The zero-order chi connectivity index (χ0) is 31.0. The van der Waals surface area contributed by atoms with Crippen molar-refractivity contribution in [3.63, 3.8) is 0 Å². The number of primary amides is 1. The zero-order valence-electron chi connectivity index (χ0n) is 24.3. The molecule has 2 fully saturated rings. The summed E-state index contributed by atoms with van der Waals surface area (Å²) < 4.78 is 0. The maximum absolute atomic E-state index is 14.2. The number of aliphatic hydroxyl groups is 1. The SMILES string of the molecule is CN(C)[C@@H]1C(=O)C(C(N)=O)C(=O)[C@@]2(O)C(=O)C3C(=O)c4c(O)ccc(C=CC(=O)NC(C)(C)C)c4C[C@@]3(C)C[C@@]12C. The first-order valence-corrected chi connectivity index (χ1v) is 13.4. The van der Waals surface area contributed by atoms with Crippen LogP contribution in [-0.4, -0.2) is 81.3 Å². The number of phenols is 1. The molecule has 1 aromatic carbocycles. The third kappa shape index (κ3) is 4.33. The highest BCUT2D eigenvalue weighted by Crippen LogP contribution is 2.61. The second-order valence-corrected chi connectivity index (χ2v) is 13.4. The van der Waals surface area contributed by atoms with E-state index in [2.05, 4.69) is 5.32 Å². The van der Waals surface area contributed by atoms with E-state index in [-0.39, 0.29) is 30.1 Å². The molecule has 2 saturated carbocycles. The van der Waals surface area contributed by atoms with Gasteiger partial charge in [0.25, 0.3) is 0 Å². The van der Waals surface area contributed by atoms with Crippen LogP contribution < -0.4 is 11.1 Å². The van der Waals surface area contributed by atoms with E-state index in [1.807, 2.05) is 20.8 Å². The van der Waals surface area contributed by atoms with Gasteiger partial charge in [-0.2, -0.15) is 0 Å². The van der Waals surface area contributed by atoms with Gasteiger partial charge in [0.15, 0.2) is 34.7 Å². The molecule has 0 aliphatic heterocycles. The van der Waals surface area contributed by atoms with Gasteiger partial charge in [0.2, 0.25) is 11.8 Å². The molecule has 0 heterocycles. The van der Waals surface area contributed by atoms with Gasteiger partial charge in [-0.15, -0.1) is 0 Å². The van der Waals surface area contributed by atoms with Crippen LogP contribution in [-0.2, 0) is 30.4 Å². The minimum Gasteiger partial charge on any atom is -0.507 e. The van der Waals surface area contributed by atoms with Crippen LogP contribution in [0.5, 0.6) is 5.75 Å². The largest absolute Gasteiger partial charge is 0.507 e. The van der Waals surface area contributed by atoms with Crippen molar-refractivity contribution in [3.05, 3.63) is 34.9 Å². The van der Waals surface area contributed by atoms with Gasteiger partial charge in [0, 0.05) is 17.0 Å². The number of ketones is 4. The Morgan fingerprint density at radius 2 is 1.71 bits per heavy atom. The Hall–Kier alpha value is -3.70. The first kappa shape index (κ1) is 30.3. The lowest BCUT2D eigenvalue weighted by Gasteiger charge is -2.61. The predicted octanol–water partition coefficient (Wildman–Crippen LogP) is 0.575. The molecule has 0 bridgehead atoms. The van der Waals surface area contributed by atoms with Crippen LogP contribution in [0.1, 0.15) is 62.5 Å². The number of phenolic OH excluding ortho intramolecular Hbond substituents is 1. The lowest BCUT2D eigenvalue weighted by molar-refractivity contribution is -0.203. The number of hydrogen-bond acceptors (Lipinski definition) is 9. The number of nitrogens with two attached hydrogens (primary N) is 1. The lowest BCUT2D eigenvalue weighted by Crippen LogP contribution is -2.79. The molecular formula is C30H37N3O8. The molecule has 3 aliphatic carbocycles. The molecule has 5 N–H and O–H groups in total. The van der Waals surface area contributed by atoms with E-state index in [0.717, 1.165) is 0 Å². The number of hydrogen-bond donors (Lipinski definition) is 4. The molecule has 220 valence electrons. The molecule has 2 amide bonds. The van der Waals surface area contributed by atoms with E-state index < -0.39 is 68.9 Å². The summed E-state index contributed by atoms with van der Waals surface area (Å²) >= 11 is 0. The van der Waals surface area contributed by atoms with E-state index in [9.17, 15) is 39.0 Å². The molecule has 11 heteroatoms. The van der Waals surface area contributed by atoms with Gasteiger partial charge in [0.1, 0.15) is 5.75 Å². The fourth-order valence-electron chi connectivity index (χ4n) is 7.47. The van der Waals surface area contributed by atoms with Crippen molar-refractivity contribution in [2.45, 2.75) is 64.6 Å². The maximum Gasteiger partial charge on any atom is 0.244 e. The van der Waals surface area contributed by atoms with Crippen LogP contribution in [0.4, 0.5) is 0 Å². The number of benzene rings is 1. The Balaban J connectivity index is 1.89. The average molecular weight is 568 g/mol. The minimum atomic E-state index is -2.86. The monoisotopic (exact) mass is 567 g/mol. The van der Waals surface area contributed by atoms with E-state index in [1.165, 1.54) is 44.1 Å². The number of nitrogens with zero attached hydrogens (tertiary/aromatic N) is 1. The molecule has 0 aromatic heterocycles. The fourth-order valence-corrected chi connectivity index (χ4v) is 7.47. The molecule has 0 spiro atoms. The molecule has 0 radical (unpaired) electrons. The summed E-state index contributed by atoms with van der Waals surface area (Å²) in [4.78, 5) is 81.4. The molecule has 11 nitrogen and oxygen atoms in total. The smallest absolute Gasteiger partial charge is 0.244 e. The Bertz CT molecular complexity index is 1440. The molecule has 1 aromatic rings. The van der Waals surface area contributed by atoms with Gasteiger partial charge in [-0.1, -0.05) is 19.9 Å². The van der Waals surface area contributed by atoms with Gasteiger partial charge >= 0.3 is 0 Å². The van der Waals surface area contributed by atoms with Crippen molar-refractivity contribution in [1.29, 1.82) is 0 Å². The quantitative estimate of drug-likeness (QED) is 0.298. The maximum atomic E-state index is 14.2. The highest BCUT2D eigenvalue weighted by molar-refractivity contribution is 6.33. The summed E-state index contributed by atoms with van der Waals surface area (Å²) in [7, 11) is 3.07. The summed E-state index contributed by atoms with van der Waals surface area (Å²) in [5.74, 6) is -9.69. The second-order valence-electron chi connectivity index (χ2n) is 13.4. The Kier molecular flexibility index (Phi) is 6.95. The van der Waals surface area contributed by atoms with Crippen LogP contribution in [0.25, 0.3) is 6.08 Å². The lowest BCUT2D eigenvalue weighted by atomic mass is 9.42. The normalized spacial score (nSPS) is 33.4. The first-order chi connectivity index (χ1) is 18.7. The van der Waals surface area contributed by atoms with Crippen LogP contribution in [0.2, 0.25) is 0 Å². The van der Waals surface area contributed by atoms with Crippen LogP contribution in [0.15, 0.2) is 18.2 Å². The highest BCUT2D eigenvalue weighted by Gasteiger charge is 2.76. The summed E-state index contributed by atoms with van der Waals surface area (Å²) in [6.45, 7) is 8.61. The molecule has 3 aliphatic rings. The number of nitrogens with one attached hydrogen (secondary N) is 1. The number of aromatic hydroxyl groups is 1. The third-order valence-corrected chi connectivity index (χ3v) is 8.82. The summed E-state index contributed by atoms with van der Waals surface area (Å²) in [6.07, 6.45) is 2.78. The van der Waals surface area contributed by atoms with Gasteiger partial charge in [-0.25, -0.2) is 0 Å². The van der Waals surface area contributed by atoms with E-state index in [1.54, 1.807) is 13.0 Å². The van der Waals surface area contributed by atoms with E-state index >= 15 is 0 Å². The van der Waals surface area contributed by atoms with E-state index in [0.29, 0.717) is 11.1 Å². The van der Waals surface area contributed by atoms with Gasteiger partial charge in [-0.05, 0) is 76.4 Å². The Labute approximate surface area is 238 Å². The summed E-state index contributed by atoms with van der Waals surface area (Å²) in [5.41, 5.74) is -0.111. The topological polar surface area (TPSA) is 184 Å². The van der Waals surface area contributed by atoms with E-state index in [4.69, 9.17) is 5.73 Å². The van der Waals surface area contributed by atoms with Crippen molar-refractivity contribution in [2.75, 3.05) is 14.1 Å². The van der Waals surface area contributed by atoms with Gasteiger partial charge in [-0.3, -0.25) is 33.7 Å². The second kappa shape index (κ2) is 9.42. The van der Waals surface area contributed by atoms with Crippen LogP contribution >= 0.6 is 0 Å². The number of amides is 2. The Morgan fingerprint density at radius 3 is 2.24 bits per heavy atom. The molecule has 2 unspecified atom stereocenters. The number of Topliss-reactive ketones (excluding diaryl/α,β-unsaturated/α-hetero) is 4. The highest BCUT2D eigenvalue weighted by atomic mass is 16.3. The van der Waals surface area contributed by atoms with Crippen molar-refractivity contribution in [2.24, 2.45) is 28.4 Å². The van der Waals surface area contributed by atoms with Crippen molar-refractivity contribution >= 4 is 41.0 Å². The van der Waals surface area contributed by atoms with Crippen LogP contribution in [0.3, 0.4) is 0 Å². The Morgan fingerprint density at radius 1 is 1.10 bits per heavy atom. The number of rotatable bonds is 4. The fraction of sp³-hybridized carbons (Fsp3) is 0.533. The predicted molar refractivity (Wildman–Crippen MR) is 148 cm³/mol. The minimum absolute atomic E-state index is 0.0624. The third-order valence-electron chi connectivity index (χ3n) is 8.82. The molecule has 6 atom stereocenters. The number of likely N-dealkylation sites (N-methyl/N-ethyl adjacent to an activating group) is 1. The molecule has 0 saturated heterocycles. The van der Waals surface area contributed by atoms with Crippen molar-refractivity contribution in [1.82, 2.24) is 10.2 Å². The average Bonchev–Trinajstić information content (AvgIpc) is 2.79. The van der Waals surface area contributed by atoms with Gasteiger partial charge < -0.3 is 21.3 Å². The summed E-state index contributed by atoms with van der Waals surface area (Å²) in [5, 5.41) is 25.5. The molecular weight excluding hydrogens is 530 g/mol. The summed E-state index contributed by atoms with van der Waals surface area (Å²) in [6, 6.07) is 1.59. The number of fused-ring (bicyclic) bond motifs is 3. The van der Waals surface area contributed by atoms with Gasteiger partial charge in [0.05, 0.1) is 17.5 Å². The standard InChI is InChI=1S/C30H37N3O8/c1-27(2,3)32-17(35)11-9-14-8-10-16(34)18-15(14)12-28(4)13-29(5)23(33(6)7)22(37)19(26(31)40)24(38)30(29,41)25(39)20(28)21(18)36/h8-11,19-20,23,34,41H,12-13H2,1-7H3,(H2,31,40)(H,32,35)/t19?,20?,23-,28+,29+,30-/m1/s1. The zero-order valence-corrected chi connectivity index (χ0v) is 24.3. The number of carbonyl (C=O) groups is 6. The van der Waals surface area contributed by atoms with Crippen LogP contribution in [0, 0.1) is 22.7 Å². The molecule has 41 heavy (non-hydrogen) atoms. The van der Waals surface area contributed by atoms with Crippen molar-refractivity contribution < 1.29 is 39.0 Å². The number of carbonyl (C=O) groups excluding carboxylic acids is 6. The van der Waals surface area contributed by atoms with Crippen molar-refractivity contribution in [3.8, 4) is 5.75 Å². The first-order valence-electron chi connectivity index (χ1n) is 13.4.